The van der Waals surface area contributed by atoms with Gasteiger partial charge >= 0.3 is 0 Å². The second-order valence-electron chi connectivity index (χ2n) is 9.66. The second kappa shape index (κ2) is 8.47. The Kier molecular flexibility index (Phi) is 6.34. The van der Waals surface area contributed by atoms with E-state index in [0.29, 0.717) is 13.0 Å². The van der Waals surface area contributed by atoms with Gasteiger partial charge in [-0.25, -0.2) is 4.98 Å². The van der Waals surface area contributed by atoms with Crippen LogP contribution >= 0.6 is 11.3 Å². The van der Waals surface area contributed by atoms with Crippen molar-refractivity contribution in [3.63, 3.8) is 0 Å². The Morgan fingerprint density at radius 1 is 1.30 bits per heavy atom. The molecule has 0 radical (unpaired) electrons. The third kappa shape index (κ3) is 5.46. The molecule has 2 N–H and O–H groups in total. The van der Waals surface area contributed by atoms with Crippen molar-refractivity contribution in [2.24, 2.45) is 5.41 Å². The molecule has 162 valence electrons. The van der Waals surface area contributed by atoms with E-state index in [1.807, 2.05) is 57.5 Å². The van der Waals surface area contributed by atoms with Crippen LogP contribution in [-0.2, 0) is 16.1 Å². The summed E-state index contributed by atoms with van der Waals surface area (Å²) in [6, 6.07) is 7.39. The highest BCUT2D eigenvalue weighted by molar-refractivity contribution is 7.13. The molecule has 2 amide bonds. The van der Waals surface area contributed by atoms with Crippen LogP contribution in [0.4, 0.5) is 0 Å². The zero-order valence-electron chi connectivity index (χ0n) is 18.4. The lowest BCUT2D eigenvalue weighted by atomic mass is 9.91. The van der Waals surface area contributed by atoms with Crippen molar-refractivity contribution in [2.45, 2.75) is 65.6 Å². The Balaban J connectivity index is 1.64. The van der Waals surface area contributed by atoms with Crippen molar-refractivity contribution >= 4 is 23.2 Å². The second-order valence-corrected chi connectivity index (χ2v) is 10.5. The number of benzene rings is 1. The Hall–Kier alpha value is -2.25. The Morgan fingerprint density at radius 3 is 2.53 bits per heavy atom. The van der Waals surface area contributed by atoms with Gasteiger partial charge in [-0.3, -0.25) is 9.59 Å². The molecule has 2 heterocycles. The van der Waals surface area contributed by atoms with Crippen molar-refractivity contribution in [3.05, 3.63) is 41.0 Å². The molecular formula is C23H31N3O3S. The number of carbonyl (C=O) groups excluding carboxylic acids is 2. The minimum atomic E-state index is -1.05. The van der Waals surface area contributed by atoms with Crippen LogP contribution in [0.15, 0.2) is 29.8 Å². The molecule has 0 spiro atoms. The van der Waals surface area contributed by atoms with Gasteiger partial charge in [0.05, 0.1) is 28.2 Å². The van der Waals surface area contributed by atoms with E-state index >= 15 is 0 Å². The van der Waals surface area contributed by atoms with Gasteiger partial charge in [0.25, 0.3) is 0 Å². The fourth-order valence-corrected chi connectivity index (χ4v) is 4.59. The number of rotatable bonds is 5. The lowest BCUT2D eigenvalue weighted by Crippen LogP contribution is -2.46. The van der Waals surface area contributed by atoms with Crippen LogP contribution < -0.4 is 5.32 Å². The monoisotopic (exact) mass is 429 g/mol. The Bertz CT molecular complexity index is 913. The van der Waals surface area contributed by atoms with Gasteiger partial charge in [0, 0.05) is 19.4 Å². The molecule has 2 aromatic rings. The van der Waals surface area contributed by atoms with E-state index in [-0.39, 0.29) is 30.2 Å². The molecule has 1 aliphatic heterocycles. The van der Waals surface area contributed by atoms with Gasteiger partial charge in [-0.15, -0.1) is 11.3 Å². The van der Waals surface area contributed by atoms with E-state index in [1.54, 1.807) is 18.3 Å². The topological polar surface area (TPSA) is 82.5 Å². The van der Waals surface area contributed by atoms with E-state index in [0.717, 1.165) is 21.7 Å². The first-order valence-corrected chi connectivity index (χ1v) is 11.1. The smallest absolute Gasteiger partial charge is 0.243 e. The first-order chi connectivity index (χ1) is 14.0. The number of hydrogen-bond donors (Lipinski definition) is 2. The molecule has 3 rings (SSSR count). The van der Waals surface area contributed by atoms with Crippen LogP contribution in [0.25, 0.3) is 10.4 Å². The van der Waals surface area contributed by atoms with Crippen LogP contribution in [-0.4, -0.2) is 45.0 Å². The molecular weight excluding hydrogens is 398 g/mol. The molecule has 1 unspecified atom stereocenters. The molecule has 7 heteroatoms. The molecule has 0 saturated carbocycles. The van der Waals surface area contributed by atoms with Gasteiger partial charge in [0.1, 0.15) is 6.04 Å². The zero-order chi connectivity index (χ0) is 22.1. The number of carbonyl (C=O) groups is 2. The highest BCUT2D eigenvalue weighted by atomic mass is 32.1. The number of likely N-dealkylation sites (tertiary alicyclic amines) is 1. The number of amides is 2. The van der Waals surface area contributed by atoms with E-state index < -0.39 is 11.6 Å². The van der Waals surface area contributed by atoms with Gasteiger partial charge < -0.3 is 15.3 Å². The summed E-state index contributed by atoms with van der Waals surface area (Å²) in [7, 11) is 0. The Morgan fingerprint density at radius 2 is 1.97 bits per heavy atom. The van der Waals surface area contributed by atoms with Crippen molar-refractivity contribution in [1.29, 1.82) is 0 Å². The summed E-state index contributed by atoms with van der Waals surface area (Å²) >= 11 is 1.61. The SMILES string of the molecule is Cc1ncsc1-c1ccc(CNC(=O)C2C[C@@](C)(O)CN2C(=O)CC(C)(C)C)cc1. The van der Waals surface area contributed by atoms with E-state index in [9.17, 15) is 14.7 Å². The first kappa shape index (κ1) is 22.4. The molecule has 1 aromatic heterocycles. The average molecular weight is 430 g/mol. The minimum absolute atomic E-state index is 0.0929. The third-order valence-electron chi connectivity index (χ3n) is 5.25. The number of nitrogens with one attached hydrogen (secondary N) is 1. The molecule has 1 aliphatic rings. The maximum Gasteiger partial charge on any atom is 0.243 e. The zero-order valence-corrected chi connectivity index (χ0v) is 19.2. The molecule has 6 nitrogen and oxygen atoms in total. The number of hydrogen-bond acceptors (Lipinski definition) is 5. The normalized spacial score (nSPS) is 21.7. The number of aromatic nitrogens is 1. The molecule has 2 atom stereocenters. The molecule has 0 bridgehead atoms. The van der Waals surface area contributed by atoms with Crippen LogP contribution in [0.5, 0.6) is 0 Å². The van der Waals surface area contributed by atoms with E-state index in [1.165, 1.54) is 4.90 Å². The average Bonchev–Trinajstić information content (AvgIpc) is 3.21. The quantitative estimate of drug-likeness (QED) is 0.762. The molecule has 1 fully saturated rings. The number of nitrogens with zero attached hydrogens (tertiary/aromatic N) is 2. The fraction of sp³-hybridized carbons (Fsp3) is 0.522. The highest BCUT2D eigenvalue weighted by Gasteiger charge is 2.45. The number of β-amino-alcohol motifs (C(OH)–C–C–N with tert-alkyl or cyclic N) is 1. The van der Waals surface area contributed by atoms with Crippen LogP contribution in [0.3, 0.4) is 0 Å². The molecule has 1 saturated heterocycles. The number of thiazole rings is 1. The standard InChI is InChI=1S/C23H31N3O3S/c1-15-20(30-14-25-15)17-8-6-16(7-9-17)12-24-21(28)18-10-23(5,29)13-26(18)19(27)11-22(2,3)4/h6-9,14,18,29H,10-13H2,1-5H3,(H,24,28)/t18?,23-/m1/s1. The summed E-state index contributed by atoms with van der Waals surface area (Å²) < 4.78 is 0. The van der Waals surface area contributed by atoms with Crippen LogP contribution in [0.2, 0.25) is 0 Å². The lowest BCUT2D eigenvalue weighted by Gasteiger charge is -2.27. The third-order valence-corrected chi connectivity index (χ3v) is 6.23. The predicted molar refractivity (Wildman–Crippen MR) is 119 cm³/mol. The maximum atomic E-state index is 12.9. The summed E-state index contributed by atoms with van der Waals surface area (Å²) in [4.78, 5) is 32.6. The van der Waals surface area contributed by atoms with Crippen molar-refractivity contribution in [1.82, 2.24) is 15.2 Å². The Labute approximate surface area is 182 Å². The van der Waals surface area contributed by atoms with Crippen LogP contribution in [0.1, 0.15) is 51.8 Å². The van der Waals surface area contributed by atoms with Gasteiger partial charge in [-0.2, -0.15) is 0 Å². The molecule has 30 heavy (non-hydrogen) atoms. The summed E-state index contributed by atoms with van der Waals surface area (Å²) in [5.74, 6) is -0.317. The van der Waals surface area contributed by atoms with E-state index in [4.69, 9.17) is 0 Å². The predicted octanol–water partition coefficient (Wildman–Crippen LogP) is 3.52. The van der Waals surface area contributed by atoms with Gasteiger partial charge in [-0.1, -0.05) is 45.0 Å². The lowest BCUT2D eigenvalue weighted by molar-refractivity contribution is -0.140. The minimum Gasteiger partial charge on any atom is -0.388 e. The van der Waals surface area contributed by atoms with Gasteiger partial charge in [-0.05, 0) is 30.4 Å². The number of aryl methyl sites for hydroxylation is 1. The summed E-state index contributed by atoms with van der Waals surface area (Å²) in [6.07, 6.45) is 0.587. The highest BCUT2D eigenvalue weighted by Crippen LogP contribution is 2.30. The summed E-state index contributed by atoms with van der Waals surface area (Å²) in [5, 5.41) is 13.4. The van der Waals surface area contributed by atoms with Gasteiger partial charge in [0.2, 0.25) is 11.8 Å². The summed E-state index contributed by atoms with van der Waals surface area (Å²) in [6.45, 7) is 10.2. The molecule has 0 aliphatic carbocycles. The van der Waals surface area contributed by atoms with Crippen LogP contribution in [0, 0.1) is 12.3 Å². The maximum absolute atomic E-state index is 12.9. The molecule has 1 aromatic carbocycles. The van der Waals surface area contributed by atoms with Gasteiger partial charge in [0.15, 0.2) is 0 Å². The summed E-state index contributed by atoms with van der Waals surface area (Å²) in [5.41, 5.74) is 3.70. The first-order valence-electron chi connectivity index (χ1n) is 10.2. The van der Waals surface area contributed by atoms with Crippen molar-refractivity contribution < 1.29 is 14.7 Å². The van der Waals surface area contributed by atoms with Crippen molar-refractivity contribution in [2.75, 3.05) is 6.54 Å². The fourth-order valence-electron chi connectivity index (χ4n) is 3.78. The van der Waals surface area contributed by atoms with Crippen molar-refractivity contribution in [3.8, 4) is 10.4 Å². The number of aliphatic hydroxyl groups is 1. The largest absolute Gasteiger partial charge is 0.388 e. The van der Waals surface area contributed by atoms with E-state index in [2.05, 4.69) is 10.3 Å².